The van der Waals surface area contributed by atoms with E-state index in [1.165, 1.54) is 6.92 Å². The molecule has 22 heavy (non-hydrogen) atoms. The van der Waals surface area contributed by atoms with E-state index in [-0.39, 0.29) is 17.0 Å². The number of anilines is 1. The van der Waals surface area contributed by atoms with E-state index in [4.69, 9.17) is 5.41 Å². The predicted molar refractivity (Wildman–Crippen MR) is 86.2 cm³/mol. The number of nitrogens with one attached hydrogen (secondary N) is 2. The normalized spacial score (nSPS) is 11.5. The summed E-state index contributed by atoms with van der Waals surface area (Å²) in [5, 5.41) is 20.5. The fraction of sp³-hybridized carbons (Fsp3) is 0.118. The lowest BCUT2D eigenvalue weighted by molar-refractivity contribution is -0.112. The summed E-state index contributed by atoms with van der Waals surface area (Å²) in [7, 11) is 0. The van der Waals surface area contributed by atoms with Crippen LogP contribution in [-0.4, -0.2) is 21.7 Å². The third kappa shape index (κ3) is 3.58. The Labute approximate surface area is 128 Å². The number of carbonyl (C=O) groups excluding carboxylic acids is 1. The van der Waals surface area contributed by atoms with E-state index < -0.39 is 5.91 Å². The third-order valence-electron chi connectivity index (χ3n) is 3.05. The highest BCUT2D eigenvalue weighted by Crippen LogP contribution is 2.14. The van der Waals surface area contributed by atoms with Crippen LogP contribution in [0.5, 0.6) is 0 Å². The van der Waals surface area contributed by atoms with Gasteiger partial charge >= 0.3 is 0 Å². The molecule has 2 rings (SSSR count). The number of nitrogens with zero attached hydrogens (tertiary/aromatic N) is 1. The van der Waals surface area contributed by atoms with Gasteiger partial charge in [-0.1, -0.05) is 36.4 Å². The van der Waals surface area contributed by atoms with Crippen molar-refractivity contribution in [3.8, 4) is 0 Å². The molecule has 3 N–H and O–H groups in total. The molecule has 0 aliphatic carbocycles. The third-order valence-corrected chi connectivity index (χ3v) is 3.05. The van der Waals surface area contributed by atoms with Gasteiger partial charge in [0.15, 0.2) is 0 Å². The van der Waals surface area contributed by atoms with E-state index in [1.54, 1.807) is 36.5 Å². The Morgan fingerprint density at radius 2 is 1.86 bits per heavy atom. The molecule has 1 heterocycles. The van der Waals surface area contributed by atoms with Crippen molar-refractivity contribution in [2.45, 2.75) is 13.8 Å². The van der Waals surface area contributed by atoms with Crippen molar-refractivity contribution >= 4 is 17.4 Å². The lowest BCUT2D eigenvalue weighted by Gasteiger charge is -2.11. The van der Waals surface area contributed by atoms with Crippen LogP contribution in [0.1, 0.15) is 18.1 Å². The van der Waals surface area contributed by atoms with E-state index in [0.29, 0.717) is 11.4 Å². The van der Waals surface area contributed by atoms with Gasteiger partial charge in [-0.05, 0) is 25.5 Å². The Bertz CT molecular complexity index is 715. The number of rotatable bonds is 4. The first kappa shape index (κ1) is 15.4. The van der Waals surface area contributed by atoms with E-state index in [9.17, 15) is 9.90 Å². The van der Waals surface area contributed by atoms with Crippen LogP contribution in [0.4, 0.5) is 5.82 Å². The minimum absolute atomic E-state index is 0.0368. The van der Waals surface area contributed by atoms with Gasteiger partial charge in [0.2, 0.25) is 0 Å². The van der Waals surface area contributed by atoms with Crippen LogP contribution in [0.15, 0.2) is 60.0 Å². The van der Waals surface area contributed by atoms with Crippen molar-refractivity contribution in [3.05, 3.63) is 71.1 Å². The van der Waals surface area contributed by atoms with Gasteiger partial charge in [-0.25, -0.2) is 4.98 Å². The van der Waals surface area contributed by atoms with E-state index in [2.05, 4.69) is 10.3 Å². The highest BCUT2D eigenvalue weighted by molar-refractivity contribution is 6.29. The molecular formula is C17H17N3O2. The second-order valence-corrected chi connectivity index (χ2v) is 4.88. The van der Waals surface area contributed by atoms with Crippen LogP contribution in [0.2, 0.25) is 0 Å². The van der Waals surface area contributed by atoms with Crippen LogP contribution in [0, 0.1) is 12.3 Å². The molecular weight excluding hydrogens is 278 g/mol. The van der Waals surface area contributed by atoms with Crippen LogP contribution in [0.3, 0.4) is 0 Å². The first-order valence-corrected chi connectivity index (χ1v) is 6.77. The number of aryl methyl sites for hydroxylation is 1. The standard InChI is InChI=1S/C17H17N3O2/c1-11-8-9-14(19-10-11)20-17(22)15(12(2)21)16(18)13-6-4-3-5-7-13/h3-10,18,21H,1-2H3,(H,19,20,22)/b15-12+,18-16?. The largest absolute Gasteiger partial charge is 0.512 e. The van der Waals surface area contributed by atoms with E-state index in [1.807, 2.05) is 19.1 Å². The average molecular weight is 295 g/mol. The van der Waals surface area contributed by atoms with Gasteiger partial charge in [-0.3, -0.25) is 10.2 Å². The molecule has 1 aromatic heterocycles. The summed E-state index contributed by atoms with van der Waals surface area (Å²) in [4.78, 5) is 16.4. The number of benzene rings is 1. The van der Waals surface area contributed by atoms with Crippen molar-refractivity contribution in [1.29, 1.82) is 5.41 Å². The monoisotopic (exact) mass is 295 g/mol. The molecule has 0 bridgehead atoms. The molecule has 0 atom stereocenters. The Balaban J connectivity index is 2.25. The van der Waals surface area contributed by atoms with Crippen molar-refractivity contribution in [2.75, 3.05) is 5.32 Å². The van der Waals surface area contributed by atoms with Gasteiger partial charge in [0.05, 0.1) is 5.71 Å². The summed E-state index contributed by atoms with van der Waals surface area (Å²) < 4.78 is 0. The number of aromatic nitrogens is 1. The van der Waals surface area contributed by atoms with E-state index in [0.717, 1.165) is 5.56 Å². The SMILES string of the molecule is C/C(O)=C(/C(=N)c1ccccc1)C(=O)Nc1ccc(C)cn1. The van der Waals surface area contributed by atoms with E-state index >= 15 is 0 Å². The highest BCUT2D eigenvalue weighted by atomic mass is 16.3. The van der Waals surface area contributed by atoms with Gasteiger partial charge in [-0.2, -0.15) is 0 Å². The van der Waals surface area contributed by atoms with Crippen molar-refractivity contribution < 1.29 is 9.90 Å². The summed E-state index contributed by atoms with van der Waals surface area (Å²) >= 11 is 0. The van der Waals surface area contributed by atoms with Gasteiger partial charge < -0.3 is 10.4 Å². The molecule has 0 unspecified atom stereocenters. The quantitative estimate of drug-likeness (QED) is 0.460. The Hall–Kier alpha value is -2.95. The number of aliphatic hydroxyl groups is 1. The van der Waals surface area contributed by atoms with Crippen molar-refractivity contribution in [1.82, 2.24) is 4.98 Å². The average Bonchev–Trinajstić information content (AvgIpc) is 2.50. The Morgan fingerprint density at radius 3 is 2.41 bits per heavy atom. The maximum absolute atomic E-state index is 12.3. The fourth-order valence-electron chi connectivity index (χ4n) is 1.93. The topological polar surface area (TPSA) is 86.1 Å². The smallest absolute Gasteiger partial charge is 0.262 e. The summed E-state index contributed by atoms with van der Waals surface area (Å²) in [6.07, 6.45) is 1.63. The molecule has 5 nitrogen and oxygen atoms in total. The zero-order chi connectivity index (χ0) is 16.1. The lowest BCUT2D eigenvalue weighted by Crippen LogP contribution is -2.22. The summed E-state index contributed by atoms with van der Waals surface area (Å²) in [6.45, 7) is 3.28. The fourth-order valence-corrected chi connectivity index (χ4v) is 1.93. The minimum Gasteiger partial charge on any atom is -0.512 e. The second-order valence-electron chi connectivity index (χ2n) is 4.88. The first-order chi connectivity index (χ1) is 10.5. The van der Waals surface area contributed by atoms with Crippen LogP contribution in [0.25, 0.3) is 0 Å². The van der Waals surface area contributed by atoms with Gasteiger partial charge in [-0.15, -0.1) is 0 Å². The predicted octanol–water partition coefficient (Wildman–Crippen LogP) is 3.23. The molecule has 1 amide bonds. The molecule has 0 radical (unpaired) electrons. The Morgan fingerprint density at radius 1 is 1.18 bits per heavy atom. The maximum atomic E-state index is 12.3. The number of hydrogen-bond donors (Lipinski definition) is 3. The molecule has 0 saturated carbocycles. The molecule has 1 aromatic carbocycles. The molecule has 2 aromatic rings. The number of aliphatic hydroxyl groups excluding tert-OH is 1. The van der Waals surface area contributed by atoms with Crippen LogP contribution in [-0.2, 0) is 4.79 Å². The molecule has 0 aliphatic heterocycles. The van der Waals surface area contributed by atoms with Crippen molar-refractivity contribution in [3.63, 3.8) is 0 Å². The van der Waals surface area contributed by atoms with Gasteiger partial charge in [0, 0.05) is 11.8 Å². The van der Waals surface area contributed by atoms with Crippen LogP contribution >= 0.6 is 0 Å². The molecule has 0 saturated heterocycles. The molecule has 5 heteroatoms. The zero-order valence-corrected chi connectivity index (χ0v) is 12.4. The molecule has 0 aliphatic rings. The highest BCUT2D eigenvalue weighted by Gasteiger charge is 2.20. The minimum atomic E-state index is -0.565. The number of pyridine rings is 1. The Kier molecular flexibility index (Phi) is 4.68. The van der Waals surface area contributed by atoms with Crippen molar-refractivity contribution in [2.24, 2.45) is 0 Å². The molecule has 112 valence electrons. The first-order valence-electron chi connectivity index (χ1n) is 6.77. The van der Waals surface area contributed by atoms with Gasteiger partial charge in [0.1, 0.15) is 17.2 Å². The lowest BCUT2D eigenvalue weighted by atomic mass is 10.0. The maximum Gasteiger partial charge on any atom is 0.262 e. The second kappa shape index (κ2) is 6.67. The number of hydrogen-bond acceptors (Lipinski definition) is 4. The summed E-state index contributed by atoms with van der Waals surface area (Å²) in [5.74, 6) is -0.404. The summed E-state index contributed by atoms with van der Waals surface area (Å²) in [5.41, 5.74) is 1.42. The molecule has 0 fully saturated rings. The number of allylic oxidation sites excluding steroid dienone is 1. The van der Waals surface area contributed by atoms with Gasteiger partial charge in [0.25, 0.3) is 5.91 Å². The molecule has 0 spiro atoms. The zero-order valence-electron chi connectivity index (χ0n) is 12.4. The number of amides is 1. The summed E-state index contributed by atoms with van der Waals surface area (Å²) in [6, 6.07) is 12.3. The van der Waals surface area contributed by atoms with Crippen LogP contribution < -0.4 is 5.32 Å². The number of carbonyl (C=O) groups is 1.